The highest BCUT2D eigenvalue weighted by Gasteiger charge is 2.18. The number of oxazole rings is 1. The van der Waals surface area contributed by atoms with Gasteiger partial charge in [0.05, 0.1) is 17.8 Å². The SMILES string of the molecule is C[C@H](NC(=O)c1ccccc1-c1ncc(-c2cccc(Br)c2)o1)c1ccccc1. The molecule has 1 amide bonds. The average Bonchev–Trinajstić information content (AvgIpc) is 3.24. The highest BCUT2D eigenvalue weighted by Crippen LogP contribution is 2.29. The van der Waals surface area contributed by atoms with Crippen LogP contribution in [0.5, 0.6) is 0 Å². The van der Waals surface area contributed by atoms with Gasteiger partial charge in [-0.15, -0.1) is 0 Å². The van der Waals surface area contributed by atoms with Crippen LogP contribution in [0.3, 0.4) is 0 Å². The van der Waals surface area contributed by atoms with Crippen molar-refractivity contribution in [3.63, 3.8) is 0 Å². The molecule has 0 fully saturated rings. The van der Waals surface area contributed by atoms with Gasteiger partial charge in [0.15, 0.2) is 5.76 Å². The Morgan fingerprint density at radius 3 is 2.55 bits per heavy atom. The molecule has 0 aliphatic rings. The molecule has 0 radical (unpaired) electrons. The number of aromatic nitrogens is 1. The van der Waals surface area contributed by atoms with Gasteiger partial charge in [-0.05, 0) is 36.8 Å². The molecule has 0 saturated carbocycles. The Morgan fingerprint density at radius 1 is 1.00 bits per heavy atom. The number of halogens is 1. The van der Waals surface area contributed by atoms with Crippen molar-refractivity contribution in [2.75, 3.05) is 0 Å². The minimum Gasteiger partial charge on any atom is -0.436 e. The molecule has 29 heavy (non-hydrogen) atoms. The van der Waals surface area contributed by atoms with Gasteiger partial charge in [0.25, 0.3) is 5.91 Å². The summed E-state index contributed by atoms with van der Waals surface area (Å²) in [6.45, 7) is 1.96. The lowest BCUT2D eigenvalue weighted by Gasteiger charge is -2.15. The number of hydrogen-bond acceptors (Lipinski definition) is 3. The summed E-state index contributed by atoms with van der Waals surface area (Å²) in [5.41, 5.74) is 3.15. The van der Waals surface area contributed by atoms with E-state index in [1.807, 2.05) is 79.7 Å². The van der Waals surface area contributed by atoms with E-state index in [9.17, 15) is 4.79 Å². The number of carbonyl (C=O) groups is 1. The van der Waals surface area contributed by atoms with Gasteiger partial charge in [-0.3, -0.25) is 4.79 Å². The number of nitrogens with one attached hydrogen (secondary N) is 1. The van der Waals surface area contributed by atoms with Crippen LogP contribution in [-0.4, -0.2) is 10.9 Å². The topological polar surface area (TPSA) is 55.1 Å². The predicted octanol–water partition coefficient (Wildman–Crippen LogP) is 6.26. The van der Waals surface area contributed by atoms with E-state index in [2.05, 4.69) is 26.2 Å². The normalized spacial score (nSPS) is 11.8. The summed E-state index contributed by atoms with van der Waals surface area (Å²) < 4.78 is 6.94. The summed E-state index contributed by atoms with van der Waals surface area (Å²) in [7, 11) is 0. The zero-order valence-electron chi connectivity index (χ0n) is 15.8. The molecule has 3 aromatic carbocycles. The average molecular weight is 447 g/mol. The van der Waals surface area contributed by atoms with Gasteiger partial charge in [-0.1, -0.05) is 70.5 Å². The Morgan fingerprint density at radius 2 is 1.76 bits per heavy atom. The van der Waals surface area contributed by atoms with Gasteiger partial charge in [-0.2, -0.15) is 0 Å². The van der Waals surface area contributed by atoms with Crippen LogP contribution in [0.4, 0.5) is 0 Å². The molecule has 0 saturated heterocycles. The first-order valence-corrected chi connectivity index (χ1v) is 10.1. The zero-order valence-corrected chi connectivity index (χ0v) is 17.4. The fraction of sp³-hybridized carbons (Fsp3) is 0.0833. The first-order chi connectivity index (χ1) is 14.1. The third kappa shape index (κ3) is 4.30. The number of hydrogen-bond donors (Lipinski definition) is 1. The fourth-order valence-corrected chi connectivity index (χ4v) is 3.54. The Balaban J connectivity index is 1.61. The molecule has 0 unspecified atom stereocenters. The molecule has 0 spiro atoms. The van der Waals surface area contributed by atoms with Gasteiger partial charge in [0, 0.05) is 15.6 Å². The van der Waals surface area contributed by atoms with E-state index in [4.69, 9.17) is 4.42 Å². The summed E-state index contributed by atoms with van der Waals surface area (Å²) in [4.78, 5) is 17.4. The second kappa shape index (κ2) is 8.45. The van der Waals surface area contributed by atoms with Crippen LogP contribution in [-0.2, 0) is 0 Å². The number of nitrogens with zero attached hydrogens (tertiary/aromatic N) is 1. The molecule has 1 atom stereocenters. The summed E-state index contributed by atoms with van der Waals surface area (Å²) in [6, 6.07) is 24.9. The van der Waals surface area contributed by atoms with Crippen molar-refractivity contribution in [1.82, 2.24) is 10.3 Å². The van der Waals surface area contributed by atoms with E-state index in [1.165, 1.54) is 0 Å². The predicted molar refractivity (Wildman–Crippen MR) is 117 cm³/mol. The van der Waals surface area contributed by atoms with Crippen LogP contribution in [0.15, 0.2) is 93.9 Å². The molecule has 1 heterocycles. The van der Waals surface area contributed by atoms with E-state index in [0.717, 1.165) is 15.6 Å². The number of amides is 1. The van der Waals surface area contributed by atoms with Crippen LogP contribution in [0.25, 0.3) is 22.8 Å². The number of carbonyl (C=O) groups excluding carboxylic acids is 1. The van der Waals surface area contributed by atoms with Crippen molar-refractivity contribution >= 4 is 21.8 Å². The molecule has 0 aliphatic carbocycles. The molecule has 0 aliphatic heterocycles. The van der Waals surface area contributed by atoms with E-state index in [-0.39, 0.29) is 11.9 Å². The third-order valence-electron chi connectivity index (χ3n) is 4.66. The first kappa shape index (κ1) is 19.2. The lowest BCUT2D eigenvalue weighted by molar-refractivity contribution is 0.0940. The molecular weight excluding hydrogens is 428 g/mol. The second-order valence-electron chi connectivity index (χ2n) is 6.69. The number of benzene rings is 3. The molecule has 5 heteroatoms. The Labute approximate surface area is 177 Å². The maximum Gasteiger partial charge on any atom is 0.252 e. The van der Waals surface area contributed by atoms with Crippen LogP contribution in [0.2, 0.25) is 0 Å². The summed E-state index contributed by atoms with van der Waals surface area (Å²) in [5.74, 6) is 0.895. The van der Waals surface area contributed by atoms with Crippen molar-refractivity contribution < 1.29 is 9.21 Å². The quantitative estimate of drug-likeness (QED) is 0.393. The monoisotopic (exact) mass is 446 g/mol. The maximum absolute atomic E-state index is 13.0. The molecule has 1 aromatic heterocycles. The van der Waals surface area contributed by atoms with Crippen molar-refractivity contribution in [1.29, 1.82) is 0 Å². The van der Waals surface area contributed by atoms with Gasteiger partial charge >= 0.3 is 0 Å². The molecule has 0 bridgehead atoms. The van der Waals surface area contributed by atoms with Crippen molar-refractivity contribution in [2.45, 2.75) is 13.0 Å². The van der Waals surface area contributed by atoms with Gasteiger partial charge in [0.1, 0.15) is 0 Å². The van der Waals surface area contributed by atoms with Crippen molar-refractivity contribution in [3.05, 3.63) is 101 Å². The zero-order chi connectivity index (χ0) is 20.2. The van der Waals surface area contributed by atoms with Crippen LogP contribution in [0.1, 0.15) is 28.9 Å². The molecule has 144 valence electrons. The van der Waals surface area contributed by atoms with E-state index in [1.54, 1.807) is 12.3 Å². The third-order valence-corrected chi connectivity index (χ3v) is 5.16. The minimum absolute atomic E-state index is 0.112. The fourth-order valence-electron chi connectivity index (χ4n) is 3.14. The van der Waals surface area contributed by atoms with Gasteiger partial charge < -0.3 is 9.73 Å². The van der Waals surface area contributed by atoms with Crippen molar-refractivity contribution in [3.8, 4) is 22.8 Å². The van der Waals surface area contributed by atoms with Gasteiger partial charge in [-0.25, -0.2) is 4.98 Å². The largest absolute Gasteiger partial charge is 0.436 e. The number of rotatable bonds is 5. The van der Waals surface area contributed by atoms with E-state index in [0.29, 0.717) is 22.8 Å². The molecule has 4 nitrogen and oxygen atoms in total. The second-order valence-corrected chi connectivity index (χ2v) is 7.61. The molecule has 4 rings (SSSR count). The highest BCUT2D eigenvalue weighted by atomic mass is 79.9. The standard InChI is InChI=1S/C24H19BrN2O2/c1-16(17-8-3-2-4-9-17)27-23(28)20-12-5-6-13-21(20)24-26-15-22(29-24)18-10-7-11-19(25)14-18/h2-16H,1H3,(H,27,28)/t16-/m0/s1. The minimum atomic E-state index is -0.167. The molecule has 1 N–H and O–H groups in total. The Kier molecular flexibility index (Phi) is 5.58. The van der Waals surface area contributed by atoms with E-state index >= 15 is 0 Å². The lowest BCUT2D eigenvalue weighted by Crippen LogP contribution is -2.27. The molecule has 4 aromatic rings. The van der Waals surface area contributed by atoms with Crippen LogP contribution >= 0.6 is 15.9 Å². The van der Waals surface area contributed by atoms with Gasteiger partial charge in [0.2, 0.25) is 5.89 Å². The smallest absolute Gasteiger partial charge is 0.252 e. The maximum atomic E-state index is 13.0. The first-order valence-electron chi connectivity index (χ1n) is 9.29. The molecular formula is C24H19BrN2O2. The summed E-state index contributed by atoms with van der Waals surface area (Å²) in [6.07, 6.45) is 1.68. The Hall–Kier alpha value is -3.18. The van der Waals surface area contributed by atoms with E-state index < -0.39 is 0 Å². The summed E-state index contributed by atoms with van der Waals surface area (Å²) >= 11 is 3.47. The highest BCUT2D eigenvalue weighted by molar-refractivity contribution is 9.10. The lowest BCUT2D eigenvalue weighted by atomic mass is 10.0. The van der Waals surface area contributed by atoms with Crippen LogP contribution in [0, 0.1) is 0 Å². The summed E-state index contributed by atoms with van der Waals surface area (Å²) in [5, 5.41) is 3.05. The van der Waals surface area contributed by atoms with Crippen molar-refractivity contribution in [2.24, 2.45) is 0 Å². The Bertz CT molecular complexity index is 1140. The van der Waals surface area contributed by atoms with Crippen LogP contribution < -0.4 is 5.32 Å².